The van der Waals surface area contributed by atoms with E-state index in [4.69, 9.17) is 15.2 Å². The molecule has 0 spiro atoms. The average molecular weight is 298 g/mol. The Labute approximate surface area is 129 Å². The summed E-state index contributed by atoms with van der Waals surface area (Å²) >= 11 is 0. The van der Waals surface area contributed by atoms with E-state index in [9.17, 15) is 4.79 Å². The summed E-state index contributed by atoms with van der Waals surface area (Å²) in [6, 6.07) is 11.0. The van der Waals surface area contributed by atoms with E-state index in [1.165, 1.54) is 7.11 Å². The van der Waals surface area contributed by atoms with Crippen LogP contribution in [-0.2, 0) is 6.42 Å². The first kappa shape index (κ1) is 14.3. The summed E-state index contributed by atoms with van der Waals surface area (Å²) in [6.45, 7) is 0.637. The number of anilines is 2. The van der Waals surface area contributed by atoms with E-state index in [2.05, 4.69) is 0 Å². The fraction of sp³-hybridized carbons (Fsp3) is 0.235. The number of amides is 1. The van der Waals surface area contributed by atoms with Gasteiger partial charge in [0.25, 0.3) is 5.91 Å². The second-order valence-corrected chi connectivity index (χ2v) is 5.14. The minimum absolute atomic E-state index is 0.111. The van der Waals surface area contributed by atoms with E-state index in [1.807, 2.05) is 18.2 Å². The summed E-state index contributed by atoms with van der Waals surface area (Å²) in [5, 5.41) is 0. The molecule has 0 atom stereocenters. The smallest absolute Gasteiger partial charge is 0.262 e. The molecule has 5 heteroatoms. The summed E-state index contributed by atoms with van der Waals surface area (Å²) in [4.78, 5) is 14.7. The van der Waals surface area contributed by atoms with Gasteiger partial charge in [0, 0.05) is 17.9 Å². The number of nitrogen functional groups attached to an aromatic ring is 1. The lowest BCUT2D eigenvalue weighted by molar-refractivity contribution is 0.0986. The zero-order valence-corrected chi connectivity index (χ0v) is 12.6. The van der Waals surface area contributed by atoms with Crippen LogP contribution in [0.2, 0.25) is 0 Å². The number of nitrogens with zero attached hydrogens (tertiary/aromatic N) is 1. The first-order chi connectivity index (χ1) is 10.7. The molecule has 1 amide bonds. The van der Waals surface area contributed by atoms with E-state index >= 15 is 0 Å². The SMILES string of the molecule is COc1cccc(C(=O)N2CCc3ccc(N)cc32)c1OC. The molecule has 5 nitrogen and oxygen atoms in total. The lowest BCUT2D eigenvalue weighted by atomic mass is 10.1. The van der Waals surface area contributed by atoms with Crippen LogP contribution < -0.4 is 20.1 Å². The van der Waals surface area contributed by atoms with Gasteiger partial charge < -0.3 is 20.1 Å². The van der Waals surface area contributed by atoms with Gasteiger partial charge >= 0.3 is 0 Å². The maximum atomic E-state index is 12.9. The Bertz CT molecular complexity index is 728. The molecule has 2 aromatic rings. The highest BCUT2D eigenvalue weighted by molar-refractivity contribution is 6.09. The van der Waals surface area contributed by atoms with Crippen LogP contribution in [0.15, 0.2) is 36.4 Å². The number of hydrogen-bond donors (Lipinski definition) is 1. The predicted molar refractivity (Wildman–Crippen MR) is 85.8 cm³/mol. The minimum atomic E-state index is -0.111. The number of fused-ring (bicyclic) bond motifs is 1. The van der Waals surface area contributed by atoms with Crippen molar-refractivity contribution in [1.82, 2.24) is 0 Å². The molecule has 0 saturated carbocycles. The zero-order valence-electron chi connectivity index (χ0n) is 12.6. The summed E-state index contributed by atoms with van der Waals surface area (Å²) in [6.07, 6.45) is 0.827. The molecule has 2 N–H and O–H groups in total. The van der Waals surface area contributed by atoms with E-state index in [0.29, 0.717) is 29.3 Å². The van der Waals surface area contributed by atoms with Crippen LogP contribution >= 0.6 is 0 Å². The van der Waals surface area contributed by atoms with E-state index in [-0.39, 0.29) is 5.91 Å². The van der Waals surface area contributed by atoms with Gasteiger partial charge in [0.05, 0.1) is 19.8 Å². The molecular weight excluding hydrogens is 280 g/mol. The largest absolute Gasteiger partial charge is 0.493 e. The van der Waals surface area contributed by atoms with Gasteiger partial charge in [-0.1, -0.05) is 12.1 Å². The fourth-order valence-electron chi connectivity index (χ4n) is 2.81. The zero-order chi connectivity index (χ0) is 15.7. The molecule has 0 radical (unpaired) electrons. The third-order valence-corrected chi connectivity index (χ3v) is 3.88. The minimum Gasteiger partial charge on any atom is -0.493 e. The number of nitrogens with two attached hydrogens (primary N) is 1. The highest BCUT2D eigenvalue weighted by atomic mass is 16.5. The lowest BCUT2D eigenvalue weighted by Crippen LogP contribution is -2.29. The second-order valence-electron chi connectivity index (χ2n) is 5.14. The van der Waals surface area contributed by atoms with Crippen LogP contribution in [0.3, 0.4) is 0 Å². The Morgan fingerprint density at radius 2 is 2.00 bits per heavy atom. The maximum absolute atomic E-state index is 12.9. The molecule has 0 aliphatic carbocycles. The first-order valence-electron chi connectivity index (χ1n) is 7.07. The quantitative estimate of drug-likeness (QED) is 0.884. The van der Waals surface area contributed by atoms with Gasteiger partial charge in [0.15, 0.2) is 11.5 Å². The summed E-state index contributed by atoms with van der Waals surface area (Å²) in [7, 11) is 3.09. The Morgan fingerprint density at radius 1 is 1.18 bits per heavy atom. The third-order valence-electron chi connectivity index (χ3n) is 3.88. The Hall–Kier alpha value is -2.69. The number of benzene rings is 2. The molecule has 1 heterocycles. The number of para-hydroxylation sites is 1. The number of methoxy groups -OCH3 is 2. The number of rotatable bonds is 3. The fourth-order valence-corrected chi connectivity index (χ4v) is 2.81. The number of carbonyl (C=O) groups is 1. The molecule has 1 aliphatic rings. The molecule has 0 saturated heterocycles. The summed E-state index contributed by atoms with van der Waals surface area (Å²) in [5.74, 6) is 0.882. The monoisotopic (exact) mass is 298 g/mol. The maximum Gasteiger partial charge on any atom is 0.262 e. The topological polar surface area (TPSA) is 64.8 Å². The highest BCUT2D eigenvalue weighted by Gasteiger charge is 2.28. The van der Waals surface area contributed by atoms with Gasteiger partial charge in [0.2, 0.25) is 0 Å². The lowest BCUT2D eigenvalue weighted by Gasteiger charge is -2.20. The van der Waals surface area contributed by atoms with Crippen LogP contribution in [0.1, 0.15) is 15.9 Å². The molecule has 1 aliphatic heterocycles. The van der Waals surface area contributed by atoms with Crippen LogP contribution in [0.25, 0.3) is 0 Å². The van der Waals surface area contributed by atoms with Crippen molar-refractivity contribution in [3.05, 3.63) is 47.5 Å². The van der Waals surface area contributed by atoms with Crippen LogP contribution in [0, 0.1) is 0 Å². The molecule has 0 bridgehead atoms. The molecular formula is C17H18N2O3. The molecule has 0 aromatic heterocycles. The van der Waals surface area contributed by atoms with Crippen molar-refractivity contribution in [2.45, 2.75) is 6.42 Å². The normalized spacial score (nSPS) is 12.9. The van der Waals surface area contributed by atoms with Crippen molar-refractivity contribution < 1.29 is 14.3 Å². The molecule has 22 heavy (non-hydrogen) atoms. The molecule has 0 fully saturated rings. The van der Waals surface area contributed by atoms with Crippen molar-refractivity contribution >= 4 is 17.3 Å². The molecule has 2 aromatic carbocycles. The van der Waals surface area contributed by atoms with Crippen molar-refractivity contribution in [3.63, 3.8) is 0 Å². The van der Waals surface area contributed by atoms with Crippen LogP contribution in [-0.4, -0.2) is 26.7 Å². The number of carbonyl (C=O) groups excluding carboxylic acids is 1. The van der Waals surface area contributed by atoms with Crippen molar-refractivity contribution in [3.8, 4) is 11.5 Å². The van der Waals surface area contributed by atoms with E-state index in [1.54, 1.807) is 30.2 Å². The predicted octanol–water partition coefficient (Wildman–Crippen LogP) is 2.49. The van der Waals surface area contributed by atoms with Crippen LogP contribution in [0.4, 0.5) is 11.4 Å². The number of ether oxygens (including phenoxy) is 2. The highest BCUT2D eigenvalue weighted by Crippen LogP contribution is 2.35. The second kappa shape index (κ2) is 5.60. The van der Waals surface area contributed by atoms with Gasteiger partial charge in [-0.25, -0.2) is 0 Å². The molecule has 0 unspecified atom stereocenters. The van der Waals surface area contributed by atoms with Gasteiger partial charge in [-0.15, -0.1) is 0 Å². The van der Waals surface area contributed by atoms with Crippen molar-refractivity contribution in [1.29, 1.82) is 0 Å². The van der Waals surface area contributed by atoms with Gasteiger partial charge in [0.1, 0.15) is 0 Å². The van der Waals surface area contributed by atoms with E-state index in [0.717, 1.165) is 17.7 Å². The Kier molecular flexibility index (Phi) is 3.63. The van der Waals surface area contributed by atoms with Crippen molar-refractivity contribution in [2.24, 2.45) is 0 Å². The van der Waals surface area contributed by atoms with E-state index < -0.39 is 0 Å². The summed E-state index contributed by atoms with van der Waals surface area (Å²) < 4.78 is 10.6. The molecule has 3 rings (SSSR count). The first-order valence-corrected chi connectivity index (χ1v) is 7.07. The Morgan fingerprint density at radius 3 is 2.73 bits per heavy atom. The standard InChI is InChI=1S/C17H18N2O3/c1-21-15-5-3-4-13(16(15)22-2)17(20)19-9-8-11-6-7-12(18)10-14(11)19/h3-7,10H,8-9,18H2,1-2H3. The van der Waals surface area contributed by atoms with Gasteiger partial charge in [-0.3, -0.25) is 4.79 Å². The number of hydrogen-bond acceptors (Lipinski definition) is 4. The average Bonchev–Trinajstić information content (AvgIpc) is 2.96. The summed E-state index contributed by atoms with van der Waals surface area (Å²) in [5.41, 5.74) is 8.98. The van der Waals surface area contributed by atoms with Crippen molar-refractivity contribution in [2.75, 3.05) is 31.4 Å². The van der Waals surface area contributed by atoms with Crippen LogP contribution in [0.5, 0.6) is 11.5 Å². The Balaban J connectivity index is 2.02. The van der Waals surface area contributed by atoms with Gasteiger partial charge in [-0.2, -0.15) is 0 Å². The molecule has 114 valence electrons. The van der Waals surface area contributed by atoms with Gasteiger partial charge in [-0.05, 0) is 36.2 Å². The third kappa shape index (κ3) is 2.24.